The van der Waals surface area contributed by atoms with Crippen molar-refractivity contribution in [3.63, 3.8) is 0 Å². The van der Waals surface area contributed by atoms with Gasteiger partial charge in [0.15, 0.2) is 6.49 Å². The highest BCUT2D eigenvalue weighted by molar-refractivity contribution is 7.89. The molecule has 1 saturated heterocycles. The highest BCUT2D eigenvalue weighted by Gasteiger charge is 2.78. The van der Waals surface area contributed by atoms with Crippen LogP contribution < -0.4 is 0 Å². The Kier molecular flexibility index (Phi) is 1.54. The first-order chi connectivity index (χ1) is 4.80. The van der Waals surface area contributed by atoms with Gasteiger partial charge >= 0.3 is 0 Å². The van der Waals surface area contributed by atoms with Crippen molar-refractivity contribution in [2.24, 2.45) is 11.3 Å². The summed E-state index contributed by atoms with van der Waals surface area (Å²) in [4.78, 5) is 0. The molecule has 1 aliphatic carbocycles. The van der Waals surface area contributed by atoms with E-state index in [1.165, 1.54) is 0 Å². The molecule has 2 aliphatic rings. The molecule has 5 heteroatoms. The lowest BCUT2D eigenvalue weighted by Gasteiger charge is -2.12. The molecule has 1 nitrogen and oxygen atoms in total. The summed E-state index contributed by atoms with van der Waals surface area (Å²) in [6.45, 7) is -0.434. The molecule has 0 aromatic carbocycles. The van der Waals surface area contributed by atoms with Gasteiger partial charge in [-0.05, 0) is 0 Å². The third-order valence-corrected chi connectivity index (χ3v) is 7.11. The fourth-order valence-corrected chi connectivity index (χ4v) is 7.32. The molecular weight excluding hydrogens is 225 g/mol. The SMILES string of the molecule is CC12CP(=O)(Cl)CC1C2(Cl)Cl. The molecule has 0 aromatic heterocycles. The summed E-state index contributed by atoms with van der Waals surface area (Å²) in [6.07, 6.45) is 1.01. The number of hydrogen-bond acceptors (Lipinski definition) is 1. The summed E-state index contributed by atoms with van der Waals surface area (Å²) in [5.74, 6) is 0.154. The molecule has 3 unspecified atom stereocenters. The molecule has 1 aliphatic heterocycles. The van der Waals surface area contributed by atoms with Crippen LogP contribution in [0, 0.1) is 11.3 Å². The zero-order valence-electron chi connectivity index (χ0n) is 5.98. The first-order valence-electron chi connectivity index (χ1n) is 3.45. The lowest BCUT2D eigenvalue weighted by Crippen LogP contribution is -2.08. The lowest BCUT2D eigenvalue weighted by molar-refractivity contribution is 0.575. The van der Waals surface area contributed by atoms with Crippen LogP contribution in [0.15, 0.2) is 0 Å². The summed E-state index contributed by atoms with van der Waals surface area (Å²) in [5.41, 5.74) is -0.173. The minimum absolute atomic E-state index is 0.154. The number of rotatable bonds is 0. The number of hydrogen-bond donors (Lipinski definition) is 0. The Morgan fingerprint density at radius 1 is 1.55 bits per heavy atom. The molecule has 0 bridgehead atoms. The van der Waals surface area contributed by atoms with Gasteiger partial charge in [0.1, 0.15) is 4.33 Å². The highest BCUT2D eigenvalue weighted by Crippen LogP contribution is 2.83. The van der Waals surface area contributed by atoms with Gasteiger partial charge < -0.3 is 4.57 Å². The van der Waals surface area contributed by atoms with E-state index in [0.717, 1.165) is 0 Å². The maximum absolute atomic E-state index is 11.4. The fourth-order valence-electron chi connectivity index (χ4n) is 2.03. The van der Waals surface area contributed by atoms with E-state index in [2.05, 4.69) is 0 Å². The number of halogens is 3. The zero-order chi connectivity index (χ0) is 8.49. The maximum atomic E-state index is 11.4. The second-order valence-electron chi connectivity index (χ2n) is 3.72. The topological polar surface area (TPSA) is 17.1 Å². The molecule has 0 spiro atoms. The molecule has 11 heavy (non-hydrogen) atoms. The van der Waals surface area contributed by atoms with Crippen LogP contribution in [0.1, 0.15) is 6.92 Å². The summed E-state index contributed by atoms with van der Waals surface area (Å²) >= 11 is 17.7. The van der Waals surface area contributed by atoms with Crippen molar-refractivity contribution in [1.82, 2.24) is 0 Å². The van der Waals surface area contributed by atoms with Crippen molar-refractivity contribution in [3.05, 3.63) is 0 Å². The van der Waals surface area contributed by atoms with Crippen molar-refractivity contribution >= 4 is 40.9 Å². The molecule has 0 amide bonds. The average molecular weight is 233 g/mol. The standard InChI is InChI=1S/C6H8Cl3OP/c1-5-3-11(9,10)2-4(5)6(5,7)8/h4H,2-3H2,1H3. The van der Waals surface area contributed by atoms with E-state index < -0.39 is 10.8 Å². The van der Waals surface area contributed by atoms with Crippen LogP contribution in [0.25, 0.3) is 0 Å². The van der Waals surface area contributed by atoms with Gasteiger partial charge in [-0.3, -0.25) is 0 Å². The smallest absolute Gasteiger partial charge is 0.170 e. The molecule has 2 rings (SSSR count). The van der Waals surface area contributed by atoms with Crippen molar-refractivity contribution in [3.8, 4) is 0 Å². The molecule has 2 fully saturated rings. The fraction of sp³-hybridized carbons (Fsp3) is 1.00. The van der Waals surface area contributed by atoms with E-state index in [1.54, 1.807) is 0 Å². The largest absolute Gasteiger partial charge is 0.307 e. The van der Waals surface area contributed by atoms with Crippen LogP contribution in [0.4, 0.5) is 0 Å². The summed E-state index contributed by atoms with van der Waals surface area (Å²) in [6, 6.07) is 0. The molecule has 64 valence electrons. The van der Waals surface area contributed by atoms with Crippen LogP contribution in [-0.4, -0.2) is 16.7 Å². The Bertz CT molecular complexity index is 265. The molecule has 0 N–H and O–H groups in total. The summed E-state index contributed by atoms with van der Waals surface area (Å²) in [7, 11) is 0. The summed E-state index contributed by atoms with van der Waals surface area (Å²) < 4.78 is 10.7. The zero-order valence-corrected chi connectivity index (χ0v) is 9.14. The van der Waals surface area contributed by atoms with E-state index in [4.69, 9.17) is 34.4 Å². The first kappa shape index (κ1) is 8.69. The lowest BCUT2D eigenvalue weighted by atomic mass is 10.1. The third kappa shape index (κ3) is 0.950. The monoisotopic (exact) mass is 232 g/mol. The second kappa shape index (κ2) is 1.95. The van der Waals surface area contributed by atoms with Gasteiger partial charge in [-0.25, -0.2) is 0 Å². The van der Waals surface area contributed by atoms with Gasteiger partial charge in [-0.2, -0.15) is 0 Å². The Labute approximate surface area is 80.5 Å². The van der Waals surface area contributed by atoms with E-state index in [1.807, 2.05) is 6.92 Å². The molecule has 0 radical (unpaired) electrons. The van der Waals surface area contributed by atoms with Crippen LogP contribution >= 0.6 is 40.9 Å². The predicted octanol–water partition coefficient (Wildman–Crippen LogP) is 3.33. The van der Waals surface area contributed by atoms with Gasteiger partial charge in [0.05, 0.1) is 0 Å². The Morgan fingerprint density at radius 2 is 2.09 bits per heavy atom. The minimum Gasteiger partial charge on any atom is -0.307 e. The normalized spacial score (nSPS) is 59.1. The van der Waals surface area contributed by atoms with Gasteiger partial charge in [-0.15, -0.1) is 23.2 Å². The second-order valence-corrected chi connectivity index (χ2v) is 9.22. The van der Waals surface area contributed by atoms with E-state index in [-0.39, 0.29) is 11.3 Å². The summed E-state index contributed by atoms with van der Waals surface area (Å²) in [5, 5.41) is 0. The molecule has 1 saturated carbocycles. The van der Waals surface area contributed by atoms with E-state index >= 15 is 0 Å². The number of fused-ring (bicyclic) bond motifs is 1. The number of alkyl halides is 2. The van der Waals surface area contributed by atoms with Gasteiger partial charge in [0.2, 0.25) is 0 Å². The Balaban J connectivity index is 2.28. The molecule has 0 aromatic rings. The highest BCUT2D eigenvalue weighted by atomic mass is 35.7. The quantitative estimate of drug-likeness (QED) is 0.463. The first-order valence-corrected chi connectivity index (χ1v) is 7.19. The van der Waals surface area contributed by atoms with Gasteiger partial charge in [0.25, 0.3) is 0 Å². The minimum atomic E-state index is -2.39. The van der Waals surface area contributed by atoms with Crippen molar-refractivity contribution in [1.29, 1.82) is 0 Å². The van der Waals surface area contributed by atoms with Crippen LogP contribution in [-0.2, 0) is 4.57 Å². The van der Waals surface area contributed by atoms with Gasteiger partial charge in [0, 0.05) is 23.7 Å². The Morgan fingerprint density at radius 3 is 2.36 bits per heavy atom. The van der Waals surface area contributed by atoms with Crippen molar-refractivity contribution in [2.75, 3.05) is 12.3 Å². The van der Waals surface area contributed by atoms with E-state index in [9.17, 15) is 4.57 Å². The van der Waals surface area contributed by atoms with Crippen molar-refractivity contribution in [2.45, 2.75) is 11.3 Å². The molecule has 3 atom stereocenters. The van der Waals surface area contributed by atoms with Gasteiger partial charge in [-0.1, -0.05) is 18.2 Å². The average Bonchev–Trinajstić information content (AvgIpc) is 2.18. The third-order valence-electron chi connectivity index (χ3n) is 2.90. The maximum Gasteiger partial charge on any atom is 0.170 e. The van der Waals surface area contributed by atoms with Crippen LogP contribution in [0.3, 0.4) is 0 Å². The molecule has 1 heterocycles. The predicted molar refractivity (Wildman–Crippen MR) is 49.2 cm³/mol. The van der Waals surface area contributed by atoms with Crippen molar-refractivity contribution < 1.29 is 4.57 Å². The van der Waals surface area contributed by atoms with Crippen LogP contribution in [0.2, 0.25) is 0 Å². The molecular formula is C6H8Cl3OP. The van der Waals surface area contributed by atoms with E-state index in [0.29, 0.717) is 12.3 Å². The Hall–Kier alpha value is 1.10. The van der Waals surface area contributed by atoms with Crippen LogP contribution in [0.5, 0.6) is 0 Å².